The summed E-state index contributed by atoms with van der Waals surface area (Å²) in [5.74, 6) is -3.43. The molecule has 1 atom stereocenters. The number of aryl methyl sites for hydroxylation is 1. The maximum Gasteiger partial charge on any atom is 0.334 e. The number of esters is 1. The Morgan fingerprint density at radius 2 is 1.21 bits per heavy atom. The van der Waals surface area contributed by atoms with E-state index in [2.05, 4.69) is 85.0 Å². The van der Waals surface area contributed by atoms with Crippen LogP contribution in [0.5, 0.6) is 0 Å². The molecule has 0 radical (unpaired) electrons. The van der Waals surface area contributed by atoms with Gasteiger partial charge in [0.15, 0.2) is 0 Å². The van der Waals surface area contributed by atoms with Gasteiger partial charge in [0.2, 0.25) is 0 Å². The zero-order chi connectivity index (χ0) is 44.4. The second-order valence-electron chi connectivity index (χ2n) is 15.4. The molecule has 3 N–H and O–H groups in total. The Morgan fingerprint density at radius 1 is 0.710 bits per heavy atom. The molecule has 0 saturated carbocycles. The number of nitrogens with one attached hydrogen (secondary N) is 1. The van der Waals surface area contributed by atoms with Crippen LogP contribution < -0.4 is 5.32 Å². The molecule has 0 aliphatic carbocycles. The van der Waals surface area contributed by atoms with Gasteiger partial charge in [0.1, 0.15) is 0 Å². The number of aliphatic carboxylic acids is 2. The van der Waals surface area contributed by atoms with Crippen LogP contribution in [0, 0.1) is 0 Å². The van der Waals surface area contributed by atoms with Crippen molar-refractivity contribution in [2.75, 3.05) is 27.3 Å². The third-order valence-corrected chi connectivity index (χ3v) is 12.5. The minimum absolute atomic E-state index is 0.0868. The molecule has 0 saturated heterocycles. The summed E-state index contributed by atoms with van der Waals surface area (Å²) in [5, 5.41) is 25.8. The van der Waals surface area contributed by atoms with Crippen LogP contribution in [-0.4, -0.2) is 60.3 Å². The summed E-state index contributed by atoms with van der Waals surface area (Å²) in [6.07, 6.45) is 1.65. The Bertz CT molecular complexity index is 2340. The lowest BCUT2D eigenvalue weighted by Gasteiger charge is -2.43. The molecular formula is C51H52Cl2N2O7. The smallest absolute Gasteiger partial charge is 0.334 e. The normalized spacial score (nSPS) is 15.5. The average molecular weight is 876 g/mol. The molecule has 1 heterocycles. The van der Waals surface area contributed by atoms with Crippen LogP contribution in [-0.2, 0) is 54.3 Å². The van der Waals surface area contributed by atoms with Crippen LogP contribution in [0.2, 0.25) is 10.0 Å². The van der Waals surface area contributed by atoms with Gasteiger partial charge in [-0.15, -0.1) is 0 Å². The number of hydrogen-bond donors (Lipinski definition) is 3. The number of nitrogens with zero attached hydrogens (tertiary/aromatic N) is 1. The van der Waals surface area contributed by atoms with E-state index in [0.717, 1.165) is 39.8 Å². The third-order valence-electron chi connectivity index (χ3n) is 11.9. The van der Waals surface area contributed by atoms with Crippen molar-refractivity contribution < 1.29 is 34.1 Å². The fourth-order valence-electron chi connectivity index (χ4n) is 9.08. The van der Waals surface area contributed by atoms with Gasteiger partial charge < -0.3 is 24.6 Å². The quantitative estimate of drug-likeness (QED) is 0.0422. The Hall–Kier alpha value is -5.71. The standard InChI is InChI=1S/C51H52Cl2N2O7/c1-5-39-34(28-29-42-46(48(57)58)50(2,45-40(52)26-16-27-41(45)53)47(49(59)60)43(55(42)3)32-44(56)61-4)18-15-19-35(39)33-62-31-17-30-54-51(36-20-9-6-10-21-36,37-22-11-7-12-23-37)38-24-13-8-14-25-38/h6-16,18-27,54H,5,17,28-33H2,1-4H3,(H,57,58)(H,59,60). The molecule has 0 aromatic heterocycles. The van der Waals surface area contributed by atoms with Gasteiger partial charge >= 0.3 is 17.9 Å². The number of carbonyl (C=O) groups excluding carboxylic acids is 1. The fraction of sp³-hybridized carbons (Fsp3) is 0.275. The Balaban J connectivity index is 1.24. The summed E-state index contributed by atoms with van der Waals surface area (Å²) >= 11 is 13.4. The van der Waals surface area contributed by atoms with Crippen molar-refractivity contribution in [2.24, 2.45) is 0 Å². The third kappa shape index (κ3) is 9.22. The molecule has 0 spiro atoms. The minimum Gasteiger partial charge on any atom is -0.478 e. The van der Waals surface area contributed by atoms with E-state index in [0.29, 0.717) is 38.3 Å². The average Bonchev–Trinajstić information content (AvgIpc) is 3.27. The number of hydrogen-bond acceptors (Lipinski definition) is 7. The van der Waals surface area contributed by atoms with Crippen LogP contribution in [0.3, 0.4) is 0 Å². The number of carboxylic acid groups (broad SMARTS) is 2. The van der Waals surface area contributed by atoms with Crippen molar-refractivity contribution >= 4 is 41.1 Å². The number of allylic oxidation sites excluding steroid dienone is 1. The molecule has 0 bridgehead atoms. The molecule has 1 aliphatic rings. The number of carbonyl (C=O) groups is 3. The highest BCUT2D eigenvalue weighted by Gasteiger charge is 2.51. The van der Waals surface area contributed by atoms with Crippen molar-refractivity contribution in [2.45, 2.75) is 63.5 Å². The monoisotopic (exact) mass is 874 g/mol. The van der Waals surface area contributed by atoms with Crippen molar-refractivity contribution in [3.8, 4) is 0 Å². The van der Waals surface area contributed by atoms with Gasteiger partial charge in [-0.3, -0.25) is 10.1 Å². The number of methoxy groups -OCH3 is 1. The molecule has 5 aromatic carbocycles. The summed E-state index contributed by atoms with van der Waals surface area (Å²) in [6, 6.07) is 42.2. The predicted molar refractivity (Wildman–Crippen MR) is 243 cm³/mol. The van der Waals surface area contributed by atoms with Crippen LogP contribution in [0.25, 0.3) is 0 Å². The van der Waals surface area contributed by atoms with Crippen molar-refractivity contribution in [1.82, 2.24) is 10.2 Å². The van der Waals surface area contributed by atoms with Gasteiger partial charge in [-0.1, -0.05) is 145 Å². The highest BCUT2D eigenvalue weighted by Crippen LogP contribution is 2.52. The first-order valence-electron chi connectivity index (χ1n) is 20.7. The molecule has 6 rings (SSSR count). The van der Waals surface area contributed by atoms with Gasteiger partial charge in [-0.25, -0.2) is 9.59 Å². The SMILES string of the molecule is CCc1c(CCC2=C(C(=O)O)C(C)(c3c(Cl)cccc3Cl)C(C(=O)O)=C(CC(=O)OC)N2C)cccc1COCCCNC(c1ccccc1)(c1ccccc1)c1ccccc1. The van der Waals surface area contributed by atoms with E-state index in [4.69, 9.17) is 32.7 Å². The van der Waals surface area contributed by atoms with E-state index < -0.39 is 35.3 Å². The Labute approximate surface area is 373 Å². The number of carboxylic acids is 2. The Kier molecular flexibility index (Phi) is 15.1. The second-order valence-corrected chi connectivity index (χ2v) is 16.2. The van der Waals surface area contributed by atoms with Gasteiger partial charge in [0.25, 0.3) is 0 Å². The number of halogens is 2. The van der Waals surface area contributed by atoms with E-state index in [1.54, 1.807) is 13.1 Å². The van der Waals surface area contributed by atoms with Crippen molar-refractivity contribution in [3.63, 3.8) is 0 Å². The van der Waals surface area contributed by atoms with E-state index in [9.17, 15) is 24.6 Å². The molecule has 322 valence electrons. The lowest BCUT2D eigenvalue weighted by molar-refractivity contribution is -0.140. The molecule has 1 unspecified atom stereocenters. The maximum absolute atomic E-state index is 13.4. The first-order valence-corrected chi connectivity index (χ1v) is 21.4. The summed E-state index contributed by atoms with van der Waals surface area (Å²) < 4.78 is 11.3. The highest BCUT2D eigenvalue weighted by molar-refractivity contribution is 6.36. The number of benzene rings is 5. The largest absolute Gasteiger partial charge is 0.478 e. The van der Waals surface area contributed by atoms with Crippen LogP contribution >= 0.6 is 23.2 Å². The minimum atomic E-state index is -1.85. The van der Waals surface area contributed by atoms with E-state index in [-0.39, 0.29) is 38.9 Å². The van der Waals surface area contributed by atoms with Crippen LogP contribution in [0.1, 0.15) is 72.1 Å². The highest BCUT2D eigenvalue weighted by atomic mass is 35.5. The van der Waals surface area contributed by atoms with Crippen molar-refractivity contribution in [3.05, 3.63) is 199 Å². The molecule has 1 aliphatic heterocycles. The first kappa shape index (κ1) is 45.8. The number of ether oxygens (including phenoxy) is 2. The summed E-state index contributed by atoms with van der Waals surface area (Å²) in [4.78, 5) is 40.9. The number of rotatable bonds is 19. The first-order chi connectivity index (χ1) is 29.9. The van der Waals surface area contributed by atoms with Gasteiger partial charge in [0, 0.05) is 40.7 Å². The van der Waals surface area contributed by atoms with E-state index >= 15 is 0 Å². The summed E-state index contributed by atoms with van der Waals surface area (Å²) in [7, 11) is 2.79. The molecule has 0 fully saturated rings. The molecule has 62 heavy (non-hydrogen) atoms. The lowest BCUT2D eigenvalue weighted by atomic mass is 9.66. The zero-order valence-electron chi connectivity index (χ0n) is 35.4. The van der Waals surface area contributed by atoms with Crippen LogP contribution in [0.15, 0.2) is 150 Å². The van der Waals surface area contributed by atoms with Gasteiger partial charge in [-0.2, -0.15) is 0 Å². The van der Waals surface area contributed by atoms with Gasteiger partial charge in [0.05, 0.1) is 42.2 Å². The molecule has 11 heteroatoms. The summed E-state index contributed by atoms with van der Waals surface area (Å²) in [6.45, 7) is 5.15. The topological polar surface area (TPSA) is 125 Å². The molecular weight excluding hydrogens is 823 g/mol. The molecule has 0 amide bonds. The molecule has 9 nitrogen and oxygen atoms in total. The maximum atomic E-state index is 13.4. The summed E-state index contributed by atoms with van der Waals surface area (Å²) in [5.41, 5.74) is 4.15. The predicted octanol–water partition coefficient (Wildman–Crippen LogP) is 10.1. The zero-order valence-corrected chi connectivity index (χ0v) is 36.9. The van der Waals surface area contributed by atoms with Gasteiger partial charge in [-0.05, 0) is 84.7 Å². The van der Waals surface area contributed by atoms with E-state index in [1.807, 2.05) is 36.4 Å². The van der Waals surface area contributed by atoms with E-state index in [1.165, 1.54) is 31.1 Å². The lowest BCUT2D eigenvalue weighted by Crippen LogP contribution is -2.45. The molecule has 5 aromatic rings. The van der Waals surface area contributed by atoms with Crippen molar-refractivity contribution in [1.29, 1.82) is 0 Å². The second kappa shape index (κ2) is 20.4. The Morgan fingerprint density at radius 3 is 1.71 bits per heavy atom. The fourth-order valence-corrected chi connectivity index (χ4v) is 9.85. The van der Waals surface area contributed by atoms with Crippen LogP contribution in [0.4, 0.5) is 0 Å².